The van der Waals surface area contributed by atoms with Gasteiger partial charge in [-0.1, -0.05) is 0 Å². The minimum absolute atomic E-state index is 0.0192. The molecule has 0 fully saturated rings. The number of imidazole rings is 1. The number of rotatable bonds is 5. The number of nitrogens with one attached hydrogen (secondary N) is 2. The van der Waals surface area contributed by atoms with E-state index in [9.17, 15) is 8.42 Å². The highest BCUT2D eigenvalue weighted by molar-refractivity contribution is 7.92. The average Bonchev–Trinajstić information content (AvgIpc) is 2.92. The summed E-state index contributed by atoms with van der Waals surface area (Å²) in [5.41, 5.74) is 0.339. The SMILES string of the molecule is COc1cc(NS(=O)(=O)c2cnc[nH]2)cc(OC)c1. The molecule has 2 N–H and O–H groups in total. The number of aromatic nitrogens is 2. The summed E-state index contributed by atoms with van der Waals surface area (Å²) < 4.78 is 36.5. The number of aromatic amines is 1. The van der Waals surface area contributed by atoms with Gasteiger partial charge in [0.2, 0.25) is 0 Å². The summed E-state index contributed by atoms with van der Waals surface area (Å²) in [6.07, 6.45) is 2.51. The van der Waals surface area contributed by atoms with Crippen LogP contribution in [-0.4, -0.2) is 32.6 Å². The second kappa shape index (κ2) is 5.19. The summed E-state index contributed by atoms with van der Waals surface area (Å²) >= 11 is 0. The molecule has 0 atom stereocenters. The fourth-order valence-corrected chi connectivity index (χ4v) is 2.41. The largest absolute Gasteiger partial charge is 0.497 e. The number of hydrogen-bond donors (Lipinski definition) is 2. The van der Waals surface area contributed by atoms with Gasteiger partial charge < -0.3 is 14.5 Å². The number of methoxy groups -OCH3 is 2. The number of H-pyrrole nitrogens is 1. The van der Waals surface area contributed by atoms with E-state index in [-0.39, 0.29) is 5.03 Å². The Balaban J connectivity index is 2.33. The molecule has 1 aromatic heterocycles. The fourth-order valence-electron chi connectivity index (χ4n) is 1.47. The van der Waals surface area contributed by atoms with Gasteiger partial charge in [-0.3, -0.25) is 4.72 Å². The Bertz CT molecular complexity index is 630. The highest BCUT2D eigenvalue weighted by Crippen LogP contribution is 2.27. The minimum Gasteiger partial charge on any atom is -0.497 e. The predicted octanol–water partition coefficient (Wildman–Crippen LogP) is 1.23. The molecule has 8 heteroatoms. The van der Waals surface area contributed by atoms with E-state index in [1.54, 1.807) is 18.2 Å². The van der Waals surface area contributed by atoms with Crippen LogP contribution in [0, 0.1) is 0 Å². The summed E-state index contributed by atoms with van der Waals surface area (Å²) in [5, 5.41) is -0.0192. The lowest BCUT2D eigenvalue weighted by Gasteiger charge is -2.10. The molecule has 0 saturated heterocycles. The lowest BCUT2D eigenvalue weighted by molar-refractivity contribution is 0.395. The van der Waals surface area contributed by atoms with Crippen molar-refractivity contribution in [1.82, 2.24) is 9.97 Å². The third-order valence-corrected chi connectivity index (χ3v) is 3.67. The number of hydrogen-bond acceptors (Lipinski definition) is 5. The van der Waals surface area contributed by atoms with Gasteiger partial charge in [0, 0.05) is 18.2 Å². The van der Waals surface area contributed by atoms with Gasteiger partial charge in [-0.2, -0.15) is 8.42 Å². The molecule has 1 heterocycles. The van der Waals surface area contributed by atoms with Crippen LogP contribution in [0.15, 0.2) is 35.7 Å². The second-order valence-corrected chi connectivity index (χ2v) is 5.27. The van der Waals surface area contributed by atoms with Crippen LogP contribution in [0.25, 0.3) is 0 Å². The van der Waals surface area contributed by atoms with Gasteiger partial charge in [-0.25, -0.2) is 4.98 Å². The fraction of sp³-hybridized carbons (Fsp3) is 0.182. The first kappa shape index (κ1) is 13.2. The molecule has 0 radical (unpaired) electrons. The first-order valence-electron chi connectivity index (χ1n) is 5.29. The highest BCUT2D eigenvalue weighted by atomic mass is 32.2. The smallest absolute Gasteiger partial charge is 0.278 e. The Morgan fingerprint density at radius 1 is 1.16 bits per heavy atom. The summed E-state index contributed by atoms with van der Waals surface area (Å²) in [4.78, 5) is 6.20. The quantitative estimate of drug-likeness (QED) is 0.860. The number of sulfonamides is 1. The zero-order chi connectivity index (χ0) is 13.9. The predicted molar refractivity (Wildman–Crippen MR) is 68.9 cm³/mol. The standard InChI is InChI=1S/C11H13N3O4S/c1-17-9-3-8(4-10(5-9)18-2)14-19(15,16)11-6-12-7-13-11/h3-7,14H,1-2H3,(H,12,13). The molecule has 19 heavy (non-hydrogen) atoms. The molecule has 0 bridgehead atoms. The molecule has 0 aliphatic rings. The Hall–Kier alpha value is -2.22. The van der Waals surface area contributed by atoms with E-state index in [1.165, 1.54) is 26.7 Å². The second-order valence-electron chi connectivity index (χ2n) is 3.62. The van der Waals surface area contributed by atoms with Gasteiger partial charge in [0.05, 0.1) is 32.4 Å². The van der Waals surface area contributed by atoms with Crippen molar-refractivity contribution >= 4 is 15.7 Å². The maximum atomic E-state index is 12.0. The van der Waals surface area contributed by atoms with Gasteiger partial charge in [0.1, 0.15) is 11.5 Å². The van der Waals surface area contributed by atoms with Crippen LogP contribution in [0.1, 0.15) is 0 Å². The number of benzene rings is 1. The topological polar surface area (TPSA) is 93.3 Å². The number of ether oxygens (including phenoxy) is 2. The molecule has 2 aromatic rings. The monoisotopic (exact) mass is 283 g/mol. The zero-order valence-electron chi connectivity index (χ0n) is 10.4. The van der Waals surface area contributed by atoms with E-state index in [0.717, 1.165) is 0 Å². The normalized spacial score (nSPS) is 11.1. The third-order valence-electron chi connectivity index (χ3n) is 2.37. The molecule has 102 valence electrons. The third kappa shape index (κ3) is 2.97. The summed E-state index contributed by atoms with van der Waals surface area (Å²) in [6.45, 7) is 0. The van der Waals surface area contributed by atoms with E-state index in [1.807, 2.05) is 0 Å². The Morgan fingerprint density at radius 3 is 2.26 bits per heavy atom. The van der Waals surface area contributed by atoms with Crippen molar-refractivity contribution in [2.24, 2.45) is 0 Å². The lowest BCUT2D eigenvalue weighted by atomic mass is 10.3. The molecular weight excluding hydrogens is 270 g/mol. The maximum absolute atomic E-state index is 12.0. The van der Waals surface area contributed by atoms with E-state index in [4.69, 9.17) is 9.47 Å². The first-order valence-corrected chi connectivity index (χ1v) is 6.78. The molecule has 0 aliphatic heterocycles. The van der Waals surface area contributed by atoms with Crippen molar-refractivity contribution < 1.29 is 17.9 Å². The number of anilines is 1. The Labute approximate surface area is 110 Å². The Morgan fingerprint density at radius 2 is 1.79 bits per heavy atom. The van der Waals surface area contributed by atoms with Crippen molar-refractivity contribution in [3.8, 4) is 11.5 Å². The van der Waals surface area contributed by atoms with Gasteiger partial charge in [-0.15, -0.1) is 0 Å². The van der Waals surface area contributed by atoms with Gasteiger partial charge in [-0.05, 0) is 0 Å². The summed E-state index contributed by atoms with van der Waals surface area (Å²) in [7, 11) is -0.723. The van der Waals surface area contributed by atoms with E-state index >= 15 is 0 Å². The Kier molecular flexibility index (Phi) is 3.61. The van der Waals surface area contributed by atoms with Crippen molar-refractivity contribution in [2.75, 3.05) is 18.9 Å². The molecular formula is C11H13N3O4S. The molecule has 0 saturated carbocycles. The summed E-state index contributed by atoms with van der Waals surface area (Å²) in [6, 6.07) is 4.75. The van der Waals surface area contributed by atoms with Crippen LogP contribution in [0.3, 0.4) is 0 Å². The molecule has 7 nitrogen and oxygen atoms in total. The van der Waals surface area contributed by atoms with Crippen LogP contribution < -0.4 is 14.2 Å². The van der Waals surface area contributed by atoms with Crippen molar-refractivity contribution in [2.45, 2.75) is 5.03 Å². The lowest BCUT2D eigenvalue weighted by Crippen LogP contribution is -2.13. The van der Waals surface area contributed by atoms with E-state index in [0.29, 0.717) is 17.2 Å². The van der Waals surface area contributed by atoms with Crippen LogP contribution in [0.5, 0.6) is 11.5 Å². The van der Waals surface area contributed by atoms with E-state index < -0.39 is 10.0 Å². The van der Waals surface area contributed by atoms with Gasteiger partial charge in [0.15, 0.2) is 5.03 Å². The van der Waals surface area contributed by atoms with Crippen LogP contribution in [0.4, 0.5) is 5.69 Å². The van der Waals surface area contributed by atoms with Crippen molar-refractivity contribution in [3.05, 3.63) is 30.7 Å². The van der Waals surface area contributed by atoms with Crippen LogP contribution in [0.2, 0.25) is 0 Å². The molecule has 0 spiro atoms. The van der Waals surface area contributed by atoms with Gasteiger partial charge in [0.25, 0.3) is 10.0 Å². The molecule has 1 aromatic carbocycles. The van der Waals surface area contributed by atoms with Crippen LogP contribution in [-0.2, 0) is 10.0 Å². The highest BCUT2D eigenvalue weighted by Gasteiger charge is 2.16. The van der Waals surface area contributed by atoms with Crippen LogP contribution >= 0.6 is 0 Å². The van der Waals surface area contributed by atoms with Crippen molar-refractivity contribution in [3.63, 3.8) is 0 Å². The van der Waals surface area contributed by atoms with Gasteiger partial charge >= 0.3 is 0 Å². The minimum atomic E-state index is -3.70. The maximum Gasteiger partial charge on any atom is 0.278 e. The zero-order valence-corrected chi connectivity index (χ0v) is 11.2. The summed E-state index contributed by atoms with van der Waals surface area (Å²) in [5.74, 6) is 0.975. The molecule has 0 amide bonds. The average molecular weight is 283 g/mol. The number of nitrogens with zero attached hydrogens (tertiary/aromatic N) is 1. The molecule has 2 rings (SSSR count). The first-order chi connectivity index (χ1) is 9.05. The van der Waals surface area contributed by atoms with Crippen molar-refractivity contribution in [1.29, 1.82) is 0 Å². The van der Waals surface area contributed by atoms with E-state index in [2.05, 4.69) is 14.7 Å². The molecule has 0 aliphatic carbocycles. The molecule has 0 unspecified atom stereocenters.